The van der Waals surface area contributed by atoms with Gasteiger partial charge in [-0.1, -0.05) is 23.7 Å². The van der Waals surface area contributed by atoms with Gasteiger partial charge in [0.2, 0.25) is 0 Å². The van der Waals surface area contributed by atoms with Gasteiger partial charge in [-0.05, 0) is 37.9 Å². The van der Waals surface area contributed by atoms with Crippen molar-refractivity contribution in [2.45, 2.75) is 31.2 Å². The van der Waals surface area contributed by atoms with E-state index in [1.165, 1.54) is 0 Å². The molecule has 4 nitrogen and oxygen atoms in total. The summed E-state index contributed by atoms with van der Waals surface area (Å²) in [7, 11) is 1.92. The number of likely N-dealkylation sites (N-methyl/N-ethyl adjacent to an activating group) is 1. The SMILES string of the molecule is CCSc1ccc(Cl)cc1-c1nc(CC(C)NC)no1.Cl. The highest BCUT2D eigenvalue weighted by Gasteiger charge is 2.15. The monoisotopic (exact) mass is 347 g/mol. The summed E-state index contributed by atoms with van der Waals surface area (Å²) in [5, 5.41) is 7.86. The van der Waals surface area contributed by atoms with Crippen molar-refractivity contribution in [1.82, 2.24) is 15.5 Å². The van der Waals surface area contributed by atoms with E-state index >= 15 is 0 Å². The van der Waals surface area contributed by atoms with Crippen molar-refractivity contribution < 1.29 is 4.52 Å². The summed E-state index contributed by atoms with van der Waals surface area (Å²) < 4.78 is 5.38. The summed E-state index contributed by atoms with van der Waals surface area (Å²) in [6.45, 7) is 4.19. The van der Waals surface area contributed by atoms with Gasteiger partial charge >= 0.3 is 0 Å². The number of benzene rings is 1. The Morgan fingerprint density at radius 3 is 2.86 bits per heavy atom. The molecular weight excluding hydrogens is 329 g/mol. The first-order valence-corrected chi connectivity index (χ1v) is 7.93. The van der Waals surface area contributed by atoms with Crippen LogP contribution in [0.25, 0.3) is 11.5 Å². The summed E-state index contributed by atoms with van der Waals surface area (Å²) in [5.41, 5.74) is 0.903. The molecule has 1 heterocycles. The Hall–Kier alpha value is -0.750. The third-order valence-electron chi connectivity index (χ3n) is 2.92. The Kier molecular flexibility index (Phi) is 7.52. The van der Waals surface area contributed by atoms with Gasteiger partial charge in [-0.2, -0.15) is 4.98 Å². The molecule has 0 aliphatic carbocycles. The molecule has 1 aromatic heterocycles. The molecule has 1 atom stereocenters. The summed E-state index contributed by atoms with van der Waals surface area (Å²) in [6, 6.07) is 6.05. The average molecular weight is 348 g/mol. The fourth-order valence-corrected chi connectivity index (χ4v) is 2.72. The van der Waals surface area contributed by atoms with E-state index in [9.17, 15) is 0 Å². The first kappa shape index (κ1) is 18.3. The van der Waals surface area contributed by atoms with Crippen molar-refractivity contribution in [3.05, 3.63) is 29.0 Å². The Balaban J connectivity index is 0.00000220. The lowest BCUT2D eigenvalue weighted by Gasteiger charge is -2.05. The number of hydrogen-bond donors (Lipinski definition) is 1. The van der Waals surface area contributed by atoms with Crippen LogP contribution in [0.5, 0.6) is 0 Å². The molecule has 116 valence electrons. The number of thioether (sulfide) groups is 1. The topological polar surface area (TPSA) is 51.0 Å². The molecule has 0 saturated heterocycles. The van der Waals surface area contributed by atoms with Crippen LogP contribution in [0.1, 0.15) is 19.7 Å². The number of hydrogen-bond acceptors (Lipinski definition) is 5. The van der Waals surface area contributed by atoms with Crippen molar-refractivity contribution >= 4 is 35.8 Å². The van der Waals surface area contributed by atoms with Crippen LogP contribution in [0.3, 0.4) is 0 Å². The van der Waals surface area contributed by atoms with E-state index in [1.807, 2.05) is 25.2 Å². The number of nitrogens with one attached hydrogen (secondary N) is 1. The van der Waals surface area contributed by atoms with Gasteiger partial charge in [-0.3, -0.25) is 0 Å². The molecule has 1 unspecified atom stereocenters. The smallest absolute Gasteiger partial charge is 0.259 e. The lowest BCUT2D eigenvalue weighted by molar-refractivity contribution is 0.417. The Morgan fingerprint density at radius 1 is 1.43 bits per heavy atom. The third kappa shape index (κ3) is 4.88. The van der Waals surface area contributed by atoms with Crippen molar-refractivity contribution in [1.29, 1.82) is 0 Å². The molecule has 0 aliphatic rings. The van der Waals surface area contributed by atoms with Crippen LogP contribution < -0.4 is 5.32 Å². The van der Waals surface area contributed by atoms with E-state index in [4.69, 9.17) is 16.1 Å². The van der Waals surface area contributed by atoms with E-state index in [0.29, 0.717) is 22.8 Å². The second-order valence-electron chi connectivity index (χ2n) is 4.48. The van der Waals surface area contributed by atoms with Crippen LogP contribution in [0.4, 0.5) is 0 Å². The highest BCUT2D eigenvalue weighted by atomic mass is 35.5. The summed E-state index contributed by atoms with van der Waals surface area (Å²) in [4.78, 5) is 5.57. The van der Waals surface area contributed by atoms with Crippen LogP contribution >= 0.6 is 35.8 Å². The normalized spacial score (nSPS) is 12.0. The molecular formula is C14H19Cl2N3OS. The van der Waals surface area contributed by atoms with Crippen molar-refractivity contribution in [2.75, 3.05) is 12.8 Å². The minimum absolute atomic E-state index is 0. The van der Waals surface area contributed by atoms with E-state index in [2.05, 4.69) is 29.3 Å². The maximum atomic E-state index is 6.07. The second kappa shape index (κ2) is 8.63. The zero-order chi connectivity index (χ0) is 14.5. The van der Waals surface area contributed by atoms with Gasteiger partial charge in [0.25, 0.3) is 5.89 Å². The minimum Gasteiger partial charge on any atom is -0.334 e. The molecule has 0 bridgehead atoms. The predicted octanol–water partition coefficient (Wildman–Crippen LogP) is 4.07. The molecule has 1 N–H and O–H groups in total. The highest BCUT2D eigenvalue weighted by Crippen LogP contribution is 2.32. The summed E-state index contributed by atoms with van der Waals surface area (Å²) in [6.07, 6.45) is 0.733. The molecule has 0 radical (unpaired) electrons. The fraction of sp³-hybridized carbons (Fsp3) is 0.429. The van der Waals surface area contributed by atoms with Gasteiger partial charge in [0.1, 0.15) is 0 Å². The molecule has 2 aromatic rings. The van der Waals surface area contributed by atoms with Crippen LogP contribution in [0.15, 0.2) is 27.6 Å². The molecule has 21 heavy (non-hydrogen) atoms. The molecule has 0 fully saturated rings. The maximum Gasteiger partial charge on any atom is 0.259 e. The third-order valence-corrected chi connectivity index (χ3v) is 4.11. The maximum absolute atomic E-state index is 6.07. The van der Waals surface area contributed by atoms with Crippen molar-refractivity contribution in [3.63, 3.8) is 0 Å². The van der Waals surface area contributed by atoms with E-state index in [0.717, 1.165) is 22.6 Å². The number of aromatic nitrogens is 2. The summed E-state index contributed by atoms with van der Waals surface area (Å²) >= 11 is 7.81. The zero-order valence-electron chi connectivity index (χ0n) is 12.2. The quantitative estimate of drug-likeness (QED) is 0.798. The van der Waals surface area contributed by atoms with Gasteiger partial charge < -0.3 is 9.84 Å². The molecule has 1 aromatic carbocycles. The Bertz CT molecular complexity index is 577. The standard InChI is InChI=1S/C14H18ClN3OS.ClH/c1-4-20-12-6-5-10(15)8-11(12)14-17-13(18-19-14)7-9(2)16-3;/h5-6,8-9,16H,4,7H2,1-3H3;1H. The van der Waals surface area contributed by atoms with Crippen molar-refractivity contribution in [2.24, 2.45) is 0 Å². The lowest BCUT2D eigenvalue weighted by atomic mass is 10.2. The number of rotatable bonds is 6. The highest BCUT2D eigenvalue weighted by molar-refractivity contribution is 7.99. The van der Waals surface area contributed by atoms with Gasteiger partial charge in [0.15, 0.2) is 5.82 Å². The van der Waals surface area contributed by atoms with E-state index in [-0.39, 0.29) is 12.4 Å². The van der Waals surface area contributed by atoms with Gasteiger partial charge in [-0.25, -0.2) is 0 Å². The molecule has 0 amide bonds. The molecule has 0 spiro atoms. The average Bonchev–Trinajstić information content (AvgIpc) is 2.89. The second-order valence-corrected chi connectivity index (χ2v) is 6.23. The van der Waals surface area contributed by atoms with E-state index < -0.39 is 0 Å². The fourth-order valence-electron chi connectivity index (χ4n) is 1.77. The minimum atomic E-state index is 0. The van der Waals surface area contributed by atoms with Crippen LogP contribution in [-0.4, -0.2) is 29.0 Å². The molecule has 0 aliphatic heterocycles. The predicted molar refractivity (Wildman–Crippen MR) is 90.6 cm³/mol. The zero-order valence-corrected chi connectivity index (χ0v) is 14.6. The summed E-state index contributed by atoms with van der Waals surface area (Å²) in [5.74, 6) is 2.21. The van der Waals surface area contributed by atoms with Gasteiger partial charge in [0, 0.05) is 22.4 Å². The number of halogens is 2. The van der Waals surface area contributed by atoms with Crippen LogP contribution in [-0.2, 0) is 6.42 Å². The van der Waals surface area contributed by atoms with Crippen molar-refractivity contribution in [3.8, 4) is 11.5 Å². The van der Waals surface area contributed by atoms with Gasteiger partial charge in [0.05, 0.1) is 5.56 Å². The molecule has 2 rings (SSSR count). The van der Waals surface area contributed by atoms with Crippen LogP contribution in [0.2, 0.25) is 5.02 Å². The number of nitrogens with zero attached hydrogens (tertiary/aromatic N) is 2. The largest absolute Gasteiger partial charge is 0.334 e. The van der Waals surface area contributed by atoms with Gasteiger partial charge in [-0.15, -0.1) is 24.2 Å². The molecule has 7 heteroatoms. The van der Waals surface area contributed by atoms with E-state index in [1.54, 1.807) is 11.8 Å². The Labute approximate surface area is 140 Å². The first-order chi connectivity index (χ1) is 9.63. The molecule has 0 saturated carbocycles. The Morgan fingerprint density at radius 2 is 2.19 bits per heavy atom. The van der Waals surface area contributed by atoms with Crippen LogP contribution in [0, 0.1) is 0 Å². The lowest BCUT2D eigenvalue weighted by Crippen LogP contribution is -2.24. The first-order valence-electron chi connectivity index (χ1n) is 6.56.